The molecule has 1 aromatic heterocycles. The van der Waals surface area contributed by atoms with Crippen molar-refractivity contribution in [3.05, 3.63) is 46.8 Å². The van der Waals surface area contributed by atoms with Gasteiger partial charge in [-0.25, -0.2) is 21.6 Å². The van der Waals surface area contributed by atoms with Gasteiger partial charge in [-0.2, -0.15) is 11.8 Å². The van der Waals surface area contributed by atoms with Gasteiger partial charge in [0.1, 0.15) is 10.5 Å². The van der Waals surface area contributed by atoms with Gasteiger partial charge in [0.2, 0.25) is 10.0 Å². The Kier molecular flexibility index (Phi) is 10.2. The van der Waals surface area contributed by atoms with E-state index in [1.807, 2.05) is 0 Å². The first-order valence-electron chi connectivity index (χ1n) is 9.86. The van der Waals surface area contributed by atoms with Crippen molar-refractivity contribution < 1.29 is 36.3 Å². The molecule has 2 rings (SSSR count). The molecule has 0 saturated carbocycles. The molecule has 0 aliphatic heterocycles. The average Bonchev–Trinajstić information content (AvgIpc) is 3.26. The standard InChI is InChI=1S/C20H24N2O8S4/c1-33(27,28)19-7-6-17(32-19)20(26)21-8-3-9-31-13-14-4-2-5-16(10-14)34(29,30)22-15(12-23)11-18(24)25/h2,4-7,10,12,15,22H,3,8-9,11,13H2,1H3,(H,21,26)(H,24,25). The van der Waals surface area contributed by atoms with Crippen molar-refractivity contribution in [2.45, 2.75) is 33.7 Å². The molecule has 1 amide bonds. The van der Waals surface area contributed by atoms with E-state index in [0.717, 1.165) is 23.2 Å². The molecule has 1 aromatic carbocycles. The zero-order valence-corrected chi connectivity index (χ0v) is 21.4. The van der Waals surface area contributed by atoms with E-state index < -0.39 is 38.3 Å². The molecule has 14 heteroatoms. The van der Waals surface area contributed by atoms with E-state index in [4.69, 9.17) is 5.11 Å². The van der Waals surface area contributed by atoms with Gasteiger partial charge in [0, 0.05) is 18.6 Å². The van der Waals surface area contributed by atoms with E-state index in [2.05, 4.69) is 10.0 Å². The Hall–Kier alpha value is -2.26. The Balaban J connectivity index is 1.80. The van der Waals surface area contributed by atoms with E-state index in [1.165, 1.54) is 36.0 Å². The van der Waals surface area contributed by atoms with E-state index >= 15 is 0 Å². The first-order chi connectivity index (χ1) is 15.9. The first kappa shape index (κ1) is 28.0. The summed E-state index contributed by atoms with van der Waals surface area (Å²) in [6.45, 7) is 0.396. The van der Waals surface area contributed by atoms with Crippen LogP contribution in [0.3, 0.4) is 0 Å². The van der Waals surface area contributed by atoms with Crippen LogP contribution in [0.15, 0.2) is 45.5 Å². The van der Waals surface area contributed by atoms with Crippen LogP contribution >= 0.6 is 23.1 Å². The van der Waals surface area contributed by atoms with Crippen molar-refractivity contribution in [1.82, 2.24) is 10.0 Å². The fourth-order valence-corrected chi connectivity index (χ4v) is 6.66. The molecule has 1 atom stereocenters. The molecular weight excluding hydrogens is 524 g/mol. The molecule has 34 heavy (non-hydrogen) atoms. The topological polar surface area (TPSA) is 164 Å². The number of benzene rings is 1. The average molecular weight is 549 g/mol. The monoisotopic (exact) mass is 548 g/mol. The summed E-state index contributed by atoms with van der Waals surface area (Å²) in [6.07, 6.45) is 1.32. The predicted molar refractivity (Wildman–Crippen MR) is 129 cm³/mol. The SMILES string of the molecule is CS(=O)(=O)c1ccc(C(=O)NCCCSCc2cccc(S(=O)(=O)NC(C=O)CC(=O)O)c2)s1. The molecule has 0 saturated heterocycles. The van der Waals surface area contributed by atoms with Gasteiger partial charge in [0.25, 0.3) is 5.91 Å². The maximum absolute atomic E-state index is 12.4. The van der Waals surface area contributed by atoms with Crippen LogP contribution in [0.5, 0.6) is 0 Å². The van der Waals surface area contributed by atoms with Crippen LogP contribution in [-0.4, -0.2) is 64.7 Å². The van der Waals surface area contributed by atoms with Crippen molar-refractivity contribution in [3.63, 3.8) is 0 Å². The maximum atomic E-state index is 12.4. The zero-order valence-electron chi connectivity index (χ0n) is 18.1. The van der Waals surface area contributed by atoms with Crippen LogP contribution in [0.25, 0.3) is 0 Å². The number of carbonyl (C=O) groups excluding carboxylic acids is 2. The van der Waals surface area contributed by atoms with Gasteiger partial charge in [0.15, 0.2) is 9.84 Å². The van der Waals surface area contributed by atoms with Crippen LogP contribution in [0.2, 0.25) is 0 Å². The van der Waals surface area contributed by atoms with E-state index in [-0.39, 0.29) is 21.3 Å². The number of carboxylic acids is 1. The van der Waals surface area contributed by atoms with Gasteiger partial charge in [-0.15, -0.1) is 11.3 Å². The second-order valence-corrected chi connectivity index (χ2v) is 13.3. The molecule has 0 aliphatic carbocycles. The third kappa shape index (κ3) is 8.83. The van der Waals surface area contributed by atoms with E-state index in [1.54, 1.807) is 12.1 Å². The summed E-state index contributed by atoms with van der Waals surface area (Å²) in [4.78, 5) is 34.1. The Labute approximate surface area is 206 Å². The lowest BCUT2D eigenvalue weighted by Gasteiger charge is -2.12. The summed E-state index contributed by atoms with van der Waals surface area (Å²) in [5.41, 5.74) is 0.727. The minimum atomic E-state index is -4.06. The number of aldehydes is 1. The highest BCUT2D eigenvalue weighted by Crippen LogP contribution is 2.21. The fraction of sp³-hybridized carbons (Fsp3) is 0.350. The molecule has 186 valence electrons. The molecule has 2 aromatic rings. The molecule has 0 fully saturated rings. The number of aliphatic carboxylic acids is 1. The van der Waals surface area contributed by atoms with Gasteiger partial charge < -0.3 is 15.2 Å². The van der Waals surface area contributed by atoms with Crippen LogP contribution in [0.4, 0.5) is 0 Å². The van der Waals surface area contributed by atoms with Crippen molar-refractivity contribution in [1.29, 1.82) is 0 Å². The molecule has 1 unspecified atom stereocenters. The van der Waals surface area contributed by atoms with Crippen molar-refractivity contribution in [2.75, 3.05) is 18.6 Å². The summed E-state index contributed by atoms with van der Waals surface area (Å²) < 4.78 is 50.1. The second kappa shape index (κ2) is 12.4. The van der Waals surface area contributed by atoms with Gasteiger partial charge >= 0.3 is 5.97 Å². The number of amides is 1. The number of sulfone groups is 1. The van der Waals surface area contributed by atoms with Gasteiger partial charge in [-0.1, -0.05) is 12.1 Å². The van der Waals surface area contributed by atoms with Crippen molar-refractivity contribution >= 4 is 61.1 Å². The van der Waals surface area contributed by atoms with Gasteiger partial charge in [-0.05, 0) is 42.0 Å². The molecule has 10 nitrogen and oxygen atoms in total. The van der Waals surface area contributed by atoms with Gasteiger partial charge in [0.05, 0.1) is 22.2 Å². The number of rotatable bonds is 14. The number of nitrogens with one attached hydrogen (secondary N) is 2. The van der Waals surface area contributed by atoms with Crippen LogP contribution in [-0.2, 0) is 35.2 Å². The second-order valence-electron chi connectivity index (χ2n) is 7.16. The maximum Gasteiger partial charge on any atom is 0.305 e. The van der Waals surface area contributed by atoms with Crippen molar-refractivity contribution in [2.24, 2.45) is 0 Å². The lowest BCUT2D eigenvalue weighted by atomic mass is 10.2. The summed E-state index contributed by atoms with van der Waals surface area (Å²) in [5, 5.41) is 11.5. The highest BCUT2D eigenvalue weighted by Gasteiger charge is 2.22. The third-order valence-corrected chi connectivity index (χ3v) is 9.77. The van der Waals surface area contributed by atoms with Crippen molar-refractivity contribution in [3.8, 4) is 0 Å². The normalized spacial score (nSPS) is 12.7. The number of hydrogen-bond donors (Lipinski definition) is 3. The highest BCUT2D eigenvalue weighted by molar-refractivity contribution is 7.98. The third-order valence-electron chi connectivity index (χ3n) is 4.26. The number of thiophene rings is 1. The summed E-state index contributed by atoms with van der Waals surface area (Å²) in [6, 6.07) is 7.63. The van der Waals surface area contributed by atoms with Crippen LogP contribution < -0.4 is 10.0 Å². The summed E-state index contributed by atoms with van der Waals surface area (Å²) >= 11 is 2.45. The summed E-state index contributed by atoms with van der Waals surface area (Å²) in [7, 11) is -7.41. The molecule has 0 spiro atoms. The Morgan fingerprint density at radius 2 is 1.91 bits per heavy atom. The molecule has 0 radical (unpaired) electrons. The minimum absolute atomic E-state index is 0.0699. The molecular formula is C20H24N2O8S4. The zero-order chi connectivity index (χ0) is 25.4. The molecule has 0 aliphatic rings. The Morgan fingerprint density at radius 3 is 2.53 bits per heavy atom. The number of sulfonamides is 1. The Morgan fingerprint density at radius 1 is 1.18 bits per heavy atom. The smallest absolute Gasteiger partial charge is 0.305 e. The van der Waals surface area contributed by atoms with Crippen LogP contribution in [0, 0.1) is 0 Å². The van der Waals surface area contributed by atoms with E-state index in [9.17, 15) is 31.2 Å². The van der Waals surface area contributed by atoms with Crippen LogP contribution in [0.1, 0.15) is 28.1 Å². The largest absolute Gasteiger partial charge is 0.481 e. The highest BCUT2D eigenvalue weighted by atomic mass is 32.2. The fourth-order valence-electron chi connectivity index (χ4n) is 2.67. The van der Waals surface area contributed by atoms with E-state index in [0.29, 0.717) is 29.3 Å². The quantitative estimate of drug-likeness (QED) is 0.235. The first-order valence-corrected chi connectivity index (χ1v) is 15.2. The molecule has 0 bridgehead atoms. The molecule has 1 heterocycles. The summed E-state index contributed by atoms with van der Waals surface area (Å²) in [5.74, 6) is -0.450. The number of carbonyl (C=O) groups is 3. The predicted octanol–water partition coefficient (Wildman–Crippen LogP) is 1.53. The number of carboxylic acid groups (broad SMARTS) is 1. The lowest BCUT2D eigenvalue weighted by molar-refractivity contribution is -0.138. The van der Waals surface area contributed by atoms with Gasteiger partial charge in [-0.3, -0.25) is 9.59 Å². The lowest BCUT2D eigenvalue weighted by Crippen LogP contribution is -2.37. The molecule has 3 N–H and O–H groups in total. The minimum Gasteiger partial charge on any atom is -0.481 e. The number of thioether (sulfide) groups is 1. The Bertz CT molecular complexity index is 1240. The number of hydrogen-bond acceptors (Lipinski definition) is 9.